The number of rotatable bonds is 6. The highest BCUT2D eigenvalue weighted by molar-refractivity contribution is 7.17. The van der Waals surface area contributed by atoms with Gasteiger partial charge in [0.2, 0.25) is 0 Å². The van der Waals surface area contributed by atoms with Gasteiger partial charge in [-0.05, 0) is 11.6 Å². The van der Waals surface area contributed by atoms with E-state index in [2.05, 4.69) is 15.3 Å². The van der Waals surface area contributed by atoms with E-state index in [1.165, 1.54) is 49.0 Å². The molecule has 0 spiro atoms. The van der Waals surface area contributed by atoms with Gasteiger partial charge in [-0.1, -0.05) is 23.7 Å². The van der Waals surface area contributed by atoms with Gasteiger partial charge in [0.25, 0.3) is 5.69 Å². The molecule has 0 saturated heterocycles. The highest BCUT2D eigenvalue weighted by Gasteiger charge is 2.19. The third-order valence-electron chi connectivity index (χ3n) is 4.51. The van der Waals surface area contributed by atoms with Crippen molar-refractivity contribution in [2.24, 2.45) is 0 Å². The number of non-ortho nitro benzene ring substituents is 1. The second-order valence-electron chi connectivity index (χ2n) is 6.32. The molecule has 4 aromatic rings. The number of nitro benzene ring substituents is 1. The molecular formula is C20H13ClN4O5S. The molecule has 0 saturated carbocycles. The number of carboxylic acid groups (broad SMARTS) is 1. The van der Waals surface area contributed by atoms with Crippen LogP contribution in [-0.2, 0) is 0 Å². The topological polar surface area (TPSA) is 127 Å². The molecule has 2 aromatic carbocycles. The molecule has 0 radical (unpaired) electrons. The Kier molecular flexibility index (Phi) is 5.40. The molecule has 0 unspecified atom stereocenters. The summed E-state index contributed by atoms with van der Waals surface area (Å²) >= 11 is 7.66. The van der Waals surface area contributed by atoms with Crippen LogP contribution >= 0.6 is 22.9 Å². The molecule has 2 aromatic heterocycles. The molecule has 2 N–H and O–H groups in total. The molecule has 156 valence electrons. The van der Waals surface area contributed by atoms with Gasteiger partial charge in [0, 0.05) is 29.1 Å². The summed E-state index contributed by atoms with van der Waals surface area (Å²) in [7, 11) is 1.36. The third kappa shape index (κ3) is 3.86. The number of halogens is 1. The monoisotopic (exact) mass is 456 g/mol. The smallest absolute Gasteiger partial charge is 0.339 e. The van der Waals surface area contributed by atoms with Gasteiger partial charge in [-0.3, -0.25) is 10.1 Å². The van der Waals surface area contributed by atoms with Gasteiger partial charge in [0.05, 0.1) is 28.1 Å². The Morgan fingerprint density at radius 3 is 2.81 bits per heavy atom. The molecule has 11 heteroatoms. The Morgan fingerprint density at radius 2 is 2.10 bits per heavy atom. The number of methoxy groups -OCH3 is 1. The number of carboxylic acids is 1. The fraction of sp³-hybridized carbons (Fsp3) is 0.0500. The summed E-state index contributed by atoms with van der Waals surface area (Å²) in [6, 6.07) is 9.04. The zero-order chi connectivity index (χ0) is 22.1. The minimum Gasteiger partial charge on any atom is -0.496 e. The molecule has 0 bridgehead atoms. The summed E-state index contributed by atoms with van der Waals surface area (Å²) in [5.41, 5.74) is 1.65. The van der Waals surface area contributed by atoms with Crippen LogP contribution in [0.4, 0.5) is 17.2 Å². The van der Waals surface area contributed by atoms with Crippen LogP contribution in [0.2, 0.25) is 5.02 Å². The van der Waals surface area contributed by atoms with Crippen molar-refractivity contribution in [1.29, 1.82) is 0 Å². The number of aromatic carboxylic acids is 1. The minimum absolute atomic E-state index is 0.0275. The van der Waals surface area contributed by atoms with E-state index >= 15 is 0 Å². The Morgan fingerprint density at radius 1 is 1.29 bits per heavy atom. The average Bonchev–Trinajstić information content (AvgIpc) is 3.20. The van der Waals surface area contributed by atoms with E-state index in [0.717, 1.165) is 5.56 Å². The van der Waals surface area contributed by atoms with Gasteiger partial charge in [-0.15, -0.1) is 11.3 Å². The predicted octanol–water partition coefficient (Wildman–Crippen LogP) is 5.37. The van der Waals surface area contributed by atoms with Crippen molar-refractivity contribution in [3.05, 3.63) is 68.8 Å². The lowest BCUT2D eigenvalue weighted by Crippen LogP contribution is -2.03. The van der Waals surface area contributed by atoms with Crippen molar-refractivity contribution in [3.63, 3.8) is 0 Å². The van der Waals surface area contributed by atoms with Crippen LogP contribution in [0, 0.1) is 10.1 Å². The summed E-state index contributed by atoms with van der Waals surface area (Å²) in [6.45, 7) is 0. The third-order valence-corrected chi connectivity index (χ3v) is 5.71. The lowest BCUT2D eigenvalue weighted by atomic mass is 10.1. The second kappa shape index (κ2) is 8.17. The number of hydrogen-bond acceptors (Lipinski definition) is 8. The molecule has 9 nitrogen and oxygen atoms in total. The zero-order valence-corrected chi connectivity index (χ0v) is 17.4. The van der Waals surface area contributed by atoms with E-state index in [1.54, 1.807) is 12.1 Å². The molecule has 0 atom stereocenters. The van der Waals surface area contributed by atoms with E-state index in [4.69, 9.17) is 16.3 Å². The average molecular weight is 457 g/mol. The second-order valence-corrected chi connectivity index (χ2v) is 7.59. The molecule has 0 amide bonds. The number of nitro groups is 1. The van der Waals surface area contributed by atoms with Crippen LogP contribution in [-0.4, -0.2) is 33.1 Å². The fourth-order valence-corrected chi connectivity index (χ4v) is 4.21. The van der Waals surface area contributed by atoms with Gasteiger partial charge < -0.3 is 15.2 Å². The number of nitrogens with zero attached hydrogens (tertiary/aromatic N) is 3. The highest BCUT2D eigenvalue weighted by atomic mass is 35.5. The number of thiophene rings is 1. The molecule has 0 aliphatic rings. The van der Waals surface area contributed by atoms with E-state index in [-0.39, 0.29) is 22.0 Å². The quantitative estimate of drug-likeness (QED) is 0.292. The maximum Gasteiger partial charge on any atom is 0.339 e. The van der Waals surface area contributed by atoms with Crippen LogP contribution in [0.5, 0.6) is 5.75 Å². The molecule has 0 aliphatic heterocycles. The van der Waals surface area contributed by atoms with Crippen LogP contribution in [0.3, 0.4) is 0 Å². The summed E-state index contributed by atoms with van der Waals surface area (Å²) in [5.74, 6) is -0.616. The lowest BCUT2D eigenvalue weighted by Gasteiger charge is -2.13. The first kappa shape index (κ1) is 20.5. The van der Waals surface area contributed by atoms with Crippen LogP contribution in [0.25, 0.3) is 21.3 Å². The Bertz CT molecular complexity index is 1340. The van der Waals surface area contributed by atoms with Crippen molar-refractivity contribution in [2.45, 2.75) is 0 Å². The molecule has 2 heterocycles. The maximum absolute atomic E-state index is 11.4. The first-order valence-corrected chi connectivity index (χ1v) is 9.99. The summed E-state index contributed by atoms with van der Waals surface area (Å²) in [4.78, 5) is 31.4. The van der Waals surface area contributed by atoms with Gasteiger partial charge in [0.15, 0.2) is 0 Å². The lowest BCUT2D eigenvalue weighted by molar-refractivity contribution is -0.384. The van der Waals surface area contributed by atoms with E-state index < -0.39 is 10.9 Å². The minimum atomic E-state index is -1.17. The van der Waals surface area contributed by atoms with Crippen molar-refractivity contribution in [3.8, 4) is 16.9 Å². The standard InChI is InChI=1S/C20H13ClN4O5S/c1-30-16-7-15(14(21)6-12(16)20(26)27)24-18-17-13(8-31-19(17)23-9-22-18)10-3-2-4-11(5-10)25(28)29/h2-9H,1H3,(H,26,27)(H,22,23,24). The predicted molar refractivity (Wildman–Crippen MR) is 118 cm³/mol. The Balaban J connectivity index is 1.83. The molecule has 0 aliphatic carbocycles. The number of aromatic nitrogens is 2. The van der Waals surface area contributed by atoms with E-state index in [1.807, 2.05) is 5.38 Å². The Hall–Kier alpha value is -3.76. The maximum atomic E-state index is 11.4. The van der Waals surface area contributed by atoms with Crippen LogP contribution < -0.4 is 10.1 Å². The van der Waals surface area contributed by atoms with Crippen LogP contribution in [0.15, 0.2) is 48.1 Å². The SMILES string of the molecule is COc1cc(Nc2ncnc3scc(-c4cccc([N+](=O)[O-])c4)c23)c(Cl)cc1C(=O)O. The van der Waals surface area contributed by atoms with Crippen molar-refractivity contribution < 1.29 is 19.6 Å². The molecule has 0 fully saturated rings. The number of nitrogens with one attached hydrogen (secondary N) is 1. The van der Waals surface area contributed by atoms with Gasteiger partial charge in [0.1, 0.15) is 28.3 Å². The van der Waals surface area contributed by atoms with E-state index in [9.17, 15) is 20.0 Å². The summed E-state index contributed by atoms with van der Waals surface area (Å²) in [5, 5.41) is 26.3. The molecule has 4 rings (SSSR count). The van der Waals surface area contributed by atoms with E-state index in [0.29, 0.717) is 27.3 Å². The van der Waals surface area contributed by atoms with Crippen molar-refractivity contribution in [2.75, 3.05) is 12.4 Å². The highest BCUT2D eigenvalue weighted by Crippen LogP contribution is 2.40. The summed E-state index contributed by atoms with van der Waals surface area (Å²) in [6.07, 6.45) is 1.38. The van der Waals surface area contributed by atoms with Crippen LogP contribution in [0.1, 0.15) is 10.4 Å². The van der Waals surface area contributed by atoms with Gasteiger partial charge >= 0.3 is 5.97 Å². The van der Waals surface area contributed by atoms with Crippen molar-refractivity contribution in [1.82, 2.24) is 9.97 Å². The molecule has 31 heavy (non-hydrogen) atoms. The summed E-state index contributed by atoms with van der Waals surface area (Å²) < 4.78 is 5.17. The van der Waals surface area contributed by atoms with Gasteiger partial charge in [-0.25, -0.2) is 14.8 Å². The Labute approximate surface area is 184 Å². The number of carbonyl (C=O) groups is 1. The number of fused-ring (bicyclic) bond motifs is 1. The largest absolute Gasteiger partial charge is 0.496 e. The normalized spacial score (nSPS) is 10.8. The van der Waals surface area contributed by atoms with Gasteiger partial charge in [-0.2, -0.15) is 0 Å². The fourth-order valence-electron chi connectivity index (χ4n) is 3.08. The number of hydrogen-bond donors (Lipinski definition) is 2. The molecular weight excluding hydrogens is 444 g/mol. The number of anilines is 2. The number of ether oxygens (including phenoxy) is 1. The number of benzene rings is 2. The first-order valence-electron chi connectivity index (χ1n) is 8.74. The van der Waals surface area contributed by atoms with Crippen molar-refractivity contribution >= 4 is 56.3 Å². The zero-order valence-electron chi connectivity index (χ0n) is 15.8. The first-order chi connectivity index (χ1) is 14.9.